The Balaban J connectivity index is 2.57. The smallest absolute Gasteiger partial charge is 0.216 e. The second-order valence-electron chi connectivity index (χ2n) is 3.68. The van der Waals surface area contributed by atoms with E-state index in [-0.39, 0.29) is 18.3 Å². The van der Waals surface area contributed by atoms with E-state index >= 15 is 0 Å². The number of benzene rings is 1. The highest BCUT2D eigenvalue weighted by molar-refractivity contribution is 5.72. The molecule has 0 aliphatic heterocycles. The van der Waals surface area contributed by atoms with Gasteiger partial charge in [0.2, 0.25) is 5.91 Å². The zero-order valence-electron chi connectivity index (χ0n) is 9.74. The van der Waals surface area contributed by atoms with E-state index in [9.17, 15) is 9.18 Å². The fourth-order valence-electron chi connectivity index (χ4n) is 1.41. The first kappa shape index (κ1) is 13.4. The molecule has 0 radical (unpaired) electrons. The van der Waals surface area contributed by atoms with Gasteiger partial charge in [-0.15, -0.1) is 0 Å². The van der Waals surface area contributed by atoms with Crippen LogP contribution in [0.25, 0.3) is 6.08 Å². The molecule has 0 unspecified atom stereocenters. The van der Waals surface area contributed by atoms with Crippen LogP contribution in [0.15, 0.2) is 24.3 Å². The minimum Gasteiger partial charge on any atom is -0.392 e. The summed E-state index contributed by atoms with van der Waals surface area (Å²) in [5, 5.41) is 11.7. The molecule has 0 saturated carbocycles. The molecular formula is C13H16FNO2. The van der Waals surface area contributed by atoms with Crippen LogP contribution in [-0.4, -0.2) is 17.6 Å². The largest absolute Gasteiger partial charge is 0.392 e. The van der Waals surface area contributed by atoms with Crippen molar-refractivity contribution < 1.29 is 14.3 Å². The molecule has 0 bridgehead atoms. The number of carbonyl (C=O) groups excluding carboxylic acids is 1. The Kier molecular flexibility index (Phi) is 5.36. The van der Waals surface area contributed by atoms with Gasteiger partial charge >= 0.3 is 0 Å². The molecule has 92 valence electrons. The lowest BCUT2D eigenvalue weighted by atomic mass is 10.1. The molecule has 4 heteroatoms. The van der Waals surface area contributed by atoms with Gasteiger partial charge in [0.1, 0.15) is 5.82 Å². The van der Waals surface area contributed by atoms with Crippen molar-refractivity contribution in [3.05, 3.63) is 41.2 Å². The van der Waals surface area contributed by atoms with Gasteiger partial charge in [0.15, 0.2) is 0 Å². The summed E-state index contributed by atoms with van der Waals surface area (Å²) in [5.41, 5.74) is 1.34. The zero-order valence-corrected chi connectivity index (χ0v) is 9.74. The van der Waals surface area contributed by atoms with E-state index in [4.69, 9.17) is 5.11 Å². The molecule has 3 nitrogen and oxygen atoms in total. The molecular weight excluding hydrogens is 221 g/mol. The predicted molar refractivity (Wildman–Crippen MR) is 64.7 cm³/mol. The zero-order chi connectivity index (χ0) is 12.7. The number of aliphatic hydroxyl groups is 1. The molecule has 0 spiro atoms. The monoisotopic (exact) mass is 237 g/mol. The number of hydrogen-bond acceptors (Lipinski definition) is 2. The van der Waals surface area contributed by atoms with E-state index < -0.39 is 0 Å². The summed E-state index contributed by atoms with van der Waals surface area (Å²) in [6.45, 7) is 1.89. The van der Waals surface area contributed by atoms with Crippen molar-refractivity contribution in [3.63, 3.8) is 0 Å². The van der Waals surface area contributed by atoms with Crippen molar-refractivity contribution in [2.45, 2.75) is 20.0 Å². The molecule has 0 fully saturated rings. The third-order valence-electron chi connectivity index (χ3n) is 2.26. The summed E-state index contributed by atoms with van der Waals surface area (Å²) < 4.78 is 13.0. The van der Waals surface area contributed by atoms with Gasteiger partial charge in [-0.05, 0) is 29.7 Å². The molecule has 0 heterocycles. The van der Waals surface area contributed by atoms with Crippen molar-refractivity contribution in [2.24, 2.45) is 0 Å². The highest BCUT2D eigenvalue weighted by atomic mass is 19.1. The van der Waals surface area contributed by atoms with E-state index in [0.717, 1.165) is 0 Å². The summed E-state index contributed by atoms with van der Waals surface area (Å²) in [7, 11) is 0. The van der Waals surface area contributed by atoms with Crippen LogP contribution in [0.5, 0.6) is 0 Å². The van der Waals surface area contributed by atoms with Crippen molar-refractivity contribution in [2.75, 3.05) is 6.54 Å². The van der Waals surface area contributed by atoms with Gasteiger partial charge in [0, 0.05) is 13.5 Å². The average Bonchev–Trinajstić information content (AvgIpc) is 2.28. The minimum absolute atomic E-state index is 0.0693. The van der Waals surface area contributed by atoms with Crippen LogP contribution in [0.2, 0.25) is 0 Å². The van der Waals surface area contributed by atoms with Gasteiger partial charge in [-0.25, -0.2) is 4.39 Å². The lowest BCUT2D eigenvalue weighted by molar-refractivity contribution is -0.118. The second-order valence-corrected chi connectivity index (χ2v) is 3.68. The standard InChI is InChI=1S/C13H16FNO2/c1-10(17)15-7-3-2-4-11-8-13(14)6-5-12(11)9-16/h2,4-6,8,16H,3,7,9H2,1H3,(H,15,17). The van der Waals surface area contributed by atoms with Crippen LogP contribution in [0.3, 0.4) is 0 Å². The third kappa shape index (κ3) is 4.78. The molecule has 0 atom stereocenters. The molecule has 1 amide bonds. The summed E-state index contributed by atoms with van der Waals surface area (Å²) in [6, 6.07) is 4.25. The fraction of sp³-hybridized carbons (Fsp3) is 0.308. The normalized spacial score (nSPS) is 10.8. The number of halogens is 1. The molecule has 0 aliphatic carbocycles. The Morgan fingerprint density at radius 2 is 2.29 bits per heavy atom. The van der Waals surface area contributed by atoms with Crippen molar-refractivity contribution >= 4 is 12.0 Å². The average molecular weight is 237 g/mol. The van der Waals surface area contributed by atoms with Crippen LogP contribution in [0.4, 0.5) is 4.39 Å². The third-order valence-corrected chi connectivity index (χ3v) is 2.26. The molecule has 1 aromatic carbocycles. The molecule has 1 aromatic rings. The lowest BCUT2D eigenvalue weighted by Crippen LogP contribution is -2.20. The van der Waals surface area contributed by atoms with Gasteiger partial charge in [-0.3, -0.25) is 4.79 Å². The van der Waals surface area contributed by atoms with E-state index in [1.165, 1.54) is 19.1 Å². The Hall–Kier alpha value is -1.68. The lowest BCUT2D eigenvalue weighted by Gasteiger charge is -2.02. The minimum atomic E-state index is -0.330. The Morgan fingerprint density at radius 1 is 1.53 bits per heavy atom. The Labute approximate surface area is 100.0 Å². The molecule has 1 rings (SSSR count). The quantitative estimate of drug-likeness (QED) is 0.768. The first-order valence-corrected chi connectivity index (χ1v) is 5.43. The predicted octanol–water partition coefficient (Wildman–Crippen LogP) is 1.86. The van der Waals surface area contributed by atoms with E-state index in [1.807, 2.05) is 6.08 Å². The number of carbonyl (C=O) groups is 1. The maximum Gasteiger partial charge on any atom is 0.216 e. The van der Waals surface area contributed by atoms with Gasteiger partial charge < -0.3 is 10.4 Å². The summed E-state index contributed by atoms with van der Waals surface area (Å²) >= 11 is 0. The van der Waals surface area contributed by atoms with Gasteiger partial charge in [0.25, 0.3) is 0 Å². The van der Waals surface area contributed by atoms with Gasteiger partial charge in [-0.1, -0.05) is 18.2 Å². The second kappa shape index (κ2) is 6.81. The maximum atomic E-state index is 13.0. The van der Waals surface area contributed by atoms with Crippen LogP contribution in [0.1, 0.15) is 24.5 Å². The molecule has 0 saturated heterocycles. The van der Waals surface area contributed by atoms with Crippen LogP contribution in [0, 0.1) is 5.82 Å². The molecule has 0 aromatic heterocycles. The van der Waals surface area contributed by atoms with Crippen LogP contribution in [-0.2, 0) is 11.4 Å². The number of nitrogens with one attached hydrogen (secondary N) is 1. The maximum absolute atomic E-state index is 13.0. The molecule has 0 aliphatic rings. The topological polar surface area (TPSA) is 49.3 Å². The van der Waals surface area contributed by atoms with Crippen molar-refractivity contribution in [1.82, 2.24) is 5.32 Å². The van der Waals surface area contributed by atoms with E-state index in [0.29, 0.717) is 24.1 Å². The van der Waals surface area contributed by atoms with Crippen molar-refractivity contribution in [3.8, 4) is 0 Å². The number of rotatable bonds is 5. The Bertz CT molecular complexity index is 416. The number of aliphatic hydroxyl groups excluding tert-OH is 1. The summed E-state index contributed by atoms with van der Waals surface area (Å²) in [5.74, 6) is -0.399. The summed E-state index contributed by atoms with van der Waals surface area (Å²) in [6.07, 6.45) is 4.25. The first-order chi connectivity index (χ1) is 8.13. The highest BCUT2D eigenvalue weighted by Crippen LogP contribution is 2.13. The number of hydrogen-bond donors (Lipinski definition) is 2. The highest BCUT2D eigenvalue weighted by Gasteiger charge is 1.99. The summed E-state index contributed by atoms with van der Waals surface area (Å²) in [4.78, 5) is 10.6. The van der Waals surface area contributed by atoms with Gasteiger partial charge in [-0.2, -0.15) is 0 Å². The van der Waals surface area contributed by atoms with Crippen LogP contribution < -0.4 is 5.32 Å². The van der Waals surface area contributed by atoms with Crippen molar-refractivity contribution in [1.29, 1.82) is 0 Å². The van der Waals surface area contributed by atoms with Crippen LogP contribution >= 0.6 is 0 Å². The number of amides is 1. The fourth-order valence-corrected chi connectivity index (χ4v) is 1.41. The first-order valence-electron chi connectivity index (χ1n) is 5.43. The van der Waals surface area contributed by atoms with E-state index in [1.54, 1.807) is 12.1 Å². The molecule has 17 heavy (non-hydrogen) atoms. The van der Waals surface area contributed by atoms with Gasteiger partial charge in [0.05, 0.1) is 6.61 Å². The molecule has 2 N–H and O–H groups in total. The SMILES string of the molecule is CC(=O)NCCC=Cc1cc(F)ccc1CO. The Morgan fingerprint density at radius 3 is 2.94 bits per heavy atom. The van der Waals surface area contributed by atoms with E-state index in [2.05, 4.69) is 5.32 Å².